The van der Waals surface area contributed by atoms with Gasteiger partial charge >= 0.3 is 5.97 Å². The number of Topliss-reactive ketones (excluding diaryl/α,β-unsaturated/α-hetero) is 1. The van der Waals surface area contributed by atoms with E-state index in [0.717, 1.165) is 0 Å². The highest BCUT2D eigenvalue weighted by Gasteiger charge is 2.25. The Bertz CT molecular complexity index is 533. The number of nitriles is 1. The fraction of sp³-hybridized carbons (Fsp3) is 0.250. The van der Waals surface area contributed by atoms with Crippen molar-refractivity contribution in [1.29, 1.82) is 5.26 Å². The summed E-state index contributed by atoms with van der Waals surface area (Å²) >= 11 is 5.65. The highest BCUT2D eigenvalue weighted by molar-refractivity contribution is 6.33. The number of benzene rings is 1. The number of aliphatic carboxylic acids is 1. The Balaban J connectivity index is 3.39. The van der Waals surface area contributed by atoms with E-state index >= 15 is 0 Å². The van der Waals surface area contributed by atoms with Crippen molar-refractivity contribution in [3.05, 3.63) is 34.9 Å². The average molecular weight is 268 g/mol. The number of nitrogens with zero attached hydrogens (tertiary/aromatic N) is 1. The van der Waals surface area contributed by atoms with Crippen LogP contribution in [0.1, 0.15) is 34.5 Å². The molecule has 0 heterocycles. The van der Waals surface area contributed by atoms with Crippen LogP contribution >= 0.6 is 11.6 Å². The number of halogens is 1. The van der Waals surface area contributed by atoms with Crippen LogP contribution in [-0.4, -0.2) is 27.3 Å². The van der Waals surface area contributed by atoms with Gasteiger partial charge in [-0.25, -0.2) is 4.79 Å². The number of ketones is 1. The van der Waals surface area contributed by atoms with Crippen LogP contribution in [0.25, 0.3) is 0 Å². The summed E-state index contributed by atoms with van der Waals surface area (Å²) < 4.78 is 0. The number of carboxylic acids is 1. The Morgan fingerprint density at radius 2 is 2.06 bits per heavy atom. The second-order valence-corrected chi connectivity index (χ2v) is 4.29. The molecular formula is C12H10ClNO4. The molecule has 0 saturated heterocycles. The monoisotopic (exact) mass is 267 g/mol. The fourth-order valence-electron chi connectivity index (χ4n) is 1.42. The third kappa shape index (κ3) is 2.86. The normalized spacial score (nSPS) is 13.4. The number of carbonyl (C=O) groups excluding carboxylic acids is 1. The Labute approximate surface area is 108 Å². The molecule has 0 aliphatic carbocycles. The SMILES string of the molecule is CC(Cl)C(=O)c1cc(C#N)ccc1C(O)C(=O)O. The second kappa shape index (κ2) is 5.63. The first-order chi connectivity index (χ1) is 8.38. The maximum absolute atomic E-state index is 11.8. The molecule has 0 aliphatic heterocycles. The van der Waals surface area contributed by atoms with Crippen molar-refractivity contribution < 1.29 is 19.8 Å². The number of aliphatic hydroxyl groups is 1. The zero-order valence-electron chi connectivity index (χ0n) is 9.42. The van der Waals surface area contributed by atoms with Gasteiger partial charge in [0.2, 0.25) is 0 Å². The van der Waals surface area contributed by atoms with E-state index in [1.54, 1.807) is 0 Å². The van der Waals surface area contributed by atoms with Crippen LogP contribution in [-0.2, 0) is 4.79 Å². The number of rotatable bonds is 4. The topological polar surface area (TPSA) is 98.4 Å². The van der Waals surface area contributed by atoms with Crippen molar-refractivity contribution in [3.8, 4) is 6.07 Å². The summed E-state index contributed by atoms with van der Waals surface area (Å²) in [6, 6.07) is 5.63. The summed E-state index contributed by atoms with van der Waals surface area (Å²) in [5.74, 6) is -2.01. The van der Waals surface area contributed by atoms with E-state index in [4.69, 9.17) is 22.0 Å². The zero-order chi connectivity index (χ0) is 13.9. The highest BCUT2D eigenvalue weighted by Crippen LogP contribution is 2.22. The summed E-state index contributed by atoms with van der Waals surface area (Å²) in [7, 11) is 0. The molecule has 0 fully saturated rings. The summed E-state index contributed by atoms with van der Waals surface area (Å²) in [4.78, 5) is 22.6. The summed E-state index contributed by atoms with van der Waals surface area (Å²) in [5.41, 5.74) is 0.0717. The van der Waals surface area contributed by atoms with E-state index in [2.05, 4.69) is 0 Å². The Hall–Kier alpha value is -1.90. The molecular weight excluding hydrogens is 258 g/mol. The molecule has 2 atom stereocenters. The number of alkyl halides is 1. The molecule has 94 valence electrons. The van der Waals surface area contributed by atoms with E-state index in [0.29, 0.717) is 0 Å². The molecule has 0 spiro atoms. The van der Waals surface area contributed by atoms with Crippen molar-refractivity contribution in [2.45, 2.75) is 18.4 Å². The molecule has 6 heteroatoms. The van der Waals surface area contributed by atoms with Crippen LogP contribution in [0.3, 0.4) is 0 Å². The lowest BCUT2D eigenvalue weighted by atomic mass is 9.95. The second-order valence-electron chi connectivity index (χ2n) is 3.63. The lowest BCUT2D eigenvalue weighted by molar-refractivity contribution is -0.146. The van der Waals surface area contributed by atoms with Gasteiger partial charge in [-0.1, -0.05) is 6.07 Å². The molecule has 0 aromatic heterocycles. The Morgan fingerprint density at radius 3 is 2.50 bits per heavy atom. The van der Waals surface area contributed by atoms with Gasteiger partial charge < -0.3 is 10.2 Å². The van der Waals surface area contributed by atoms with Gasteiger partial charge in [0.25, 0.3) is 0 Å². The van der Waals surface area contributed by atoms with Gasteiger partial charge in [-0.15, -0.1) is 11.6 Å². The largest absolute Gasteiger partial charge is 0.479 e. The molecule has 2 N–H and O–H groups in total. The number of aliphatic hydroxyl groups excluding tert-OH is 1. The molecule has 1 rings (SSSR count). The van der Waals surface area contributed by atoms with Crippen LogP contribution < -0.4 is 0 Å². The molecule has 5 nitrogen and oxygen atoms in total. The van der Waals surface area contributed by atoms with Crippen LogP contribution in [0.4, 0.5) is 0 Å². The maximum atomic E-state index is 11.8. The summed E-state index contributed by atoms with van der Waals surface area (Å²) in [6.45, 7) is 1.43. The number of hydrogen-bond acceptors (Lipinski definition) is 4. The van der Waals surface area contributed by atoms with E-state index < -0.39 is 23.2 Å². The first-order valence-electron chi connectivity index (χ1n) is 5.01. The van der Waals surface area contributed by atoms with Gasteiger partial charge in [0.15, 0.2) is 11.9 Å². The molecule has 0 saturated carbocycles. The number of carboxylic acid groups (broad SMARTS) is 1. The van der Waals surface area contributed by atoms with Gasteiger partial charge in [0.1, 0.15) is 0 Å². The van der Waals surface area contributed by atoms with Crippen molar-refractivity contribution in [1.82, 2.24) is 0 Å². The smallest absolute Gasteiger partial charge is 0.337 e. The third-order valence-electron chi connectivity index (χ3n) is 2.34. The Morgan fingerprint density at radius 1 is 1.44 bits per heavy atom. The molecule has 0 radical (unpaired) electrons. The summed E-state index contributed by atoms with van der Waals surface area (Å²) in [6.07, 6.45) is -1.83. The predicted octanol–water partition coefficient (Wildman–Crippen LogP) is 1.49. The standard InChI is InChI=1S/C12H10ClNO4/c1-6(13)10(15)9-4-7(5-14)2-3-8(9)11(16)12(17)18/h2-4,6,11,16H,1H3,(H,17,18). The number of hydrogen-bond donors (Lipinski definition) is 2. The molecule has 18 heavy (non-hydrogen) atoms. The predicted molar refractivity (Wildman–Crippen MR) is 63.4 cm³/mol. The van der Waals surface area contributed by atoms with Crippen LogP contribution in [0.5, 0.6) is 0 Å². The molecule has 0 amide bonds. The molecule has 0 aliphatic rings. The van der Waals surface area contributed by atoms with E-state index in [9.17, 15) is 14.7 Å². The minimum Gasteiger partial charge on any atom is -0.479 e. The van der Waals surface area contributed by atoms with Crippen molar-refractivity contribution in [3.63, 3.8) is 0 Å². The minimum atomic E-state index is -1.83. The maximum Gasteiger partial charge on any atom is 0.337 e. The van der Waals surface area contributed by atoms with Crippen molar-refractivity contribution in [2.24, 2.45) is 0 Å². The molecule has 1 aromatic rings. The highest BCUT2D eigenvalue weighted by atomic mass is 35.5. The lowest BCUT2D eigenvalue weighted by Crippen LogP contribution is -2.19. The van der Waals surface area contributed by atoms with E-state index in [1.807, 2.05) is 6.07 Å². The molecule has 0 bridgehead atoms. The van der Waals surface area contributed by atoms with Gasteiger partial charge in [-0.05, 0) is 19.1 Å². The fourth-order valence-corrected chi connectivity index (χ4v) is 1.54. The molecule has 2 unspecified atom stereocenters. The van der Waals surface area contributed by atoms with Gasteiger partial charge in [0.05, 0.1) is 17.0 Å². The first-order valence-corrected chi connectivity index (χ1v) is 5.45. The average Bonchev–Trinajstić information content (AvgIpc) is 2.35. The van der Waals surface area contributed by atoms with Crippen LogP contribution in [0.15, 0.2) is 18.2 Å². The first kappa shape index (κ1) is 14.2. The summed E-state index contributed by atoms with van der Waals surface area (Å²) in [5, 5.41) is 26.1. The lowest BCUT2D eigenvalue weighted by Gasteiger charge is -2.12. The third-order valence-corrected chi connectivity index (χ3v) is 2.54. The zero-order valence-corrected chi connectivity index (χ0v) is 10.2. The van der Waals surface area contributed by atoms with Crippen molar-refractivity contribution in [2.75, 3.05) is 0 Å². The molecule has 1 aromatic carbocycles. The Kier molecular flexibility index (Phi) is 4.43. The van der Waals surface area contributed by atoms with Gasteiger partial charge in [-0.2, -0.15) is 5.26 Å². The minimum absolute atomic E-state index is 0.0496. The number of carbonyl (C=O) groups is 2. The van der Waals surface area contributed by atoms with Crippen LogP contribution in [0, 0.1) is 11.3 Å². The van der Waals surface area contributed by atoms with Crippen LogP contribution in [0.2, 0.25) is 0 Å². The van der Waals surface area contributed by atoms with E-state index in [-0.39, 0.29) is 16.7 Å². The quantitative estimate of drug-likeness (QED) is 0.636. The van der Waals surface area contributed by atoms with E-state index in [1.165, 1.54) is 25.1 Å². The van der Waals surface area contributed by atoms with Gasteiger partial charge in [-0.3, -0.25) is 4.79 Å². The van der Waals surface area contributed by atoms with Gasteiger partial charge in [0, 0.05) is 11.1 Å². The van der Waals surface area contributed by atoms with Crippen molar-refractivity contribution >= 4 is 23.4 Å².